The van der Waals surface area contributed by atoms with Gasteiger partial charge in [0.15, 0.2) is 17.2 Å². The molecule has 0 spiro atoms. The summed E-state index contributed by atoms with van der Waals surface area (Å²) in [6, 6.07) is 6.66. The van der Waals surface area contributed by atoms with Gasteiger partial charge < -0.3 is 23.4 Å². The predicted octanol–water partition coefficient (Wildman–Crippen LogP) is 3.52. The first-order valence-electron chi connectivity index (χ1n) is 9.08. The van der Waals surface area contributed by atoms with Gasteiger partial charge in [-0.05, 0) is 45.0 Å². The van der Waals surface area contributed by atoms with Crippen molar-refractivity contribution in [2.75, 3.05) is 20.3 Å². The number of furan rings is 1. The third-order valence-electron chi connectivity index (χ3n) is 4.03. The van der Waals surface area contributed by atoms with E-state index in [0.29, 0.717) is 41.8 Å². The summed E-state index contributed by atoms with van der Waals surface area (Å²) in [5.41, 5.74) is 0.902. The quantitative estimate of drug-likeness (QED) is 0.519. The summed E-state index contributed by atoms with van der Waals surface area (Å²) in [6.45, 7) is 6.33. The average molecular weight is 399 g/mol. The Morgan fingerprint density at radius 3 is 2.55 bits per heavy atom. The largest absolute Gasteiger partial charge is 0.490 e. The van der Waals surface area contributed by atoms with Crippen LogP contribution in [0, 0.1) is 6.92 Å². The maximum absolute atomic E-state index is 12.2. The molecule has 1 aliphatic rings. The van der Waals surface area contributed by atoms with Crippen LogP contribution in [0.1, 0.15) is 41.3 Å². The number of esters is 2. The zero-order valence-corrected chi connectivity index (χ0v) is 16.6. The van der Waals surface area contributed by atoms with Gasteiger partial charge in [-0.3, -0.25) is 0 Å². The summed E-state index contributed by atoms with van der Waals surface area (Å²) >= 11 is 0. The van der Waals surface area contributed by atoms with E-state index in [9.17, 15) is 9.59 Å². The Kier molecular flexibility index (Phi) is 6.01. The first kappa shape index (κ1) is 20.2. The molecule has 8 heteroatoms. The third-order valence-corrected chi connectivity index (χ3v) is 4.03. The van der Waals surface area contributed by atoms with Gasteiger partial charge in [-0.2, -0.15) is 0 Å². The lowest BCUT2D eigenvalue weighted by molar-refractivity contribution is -0.129. The van der Waals surface area contributed by atoms with E-state index in [2.05, 4.69) is 4.99 Å². The molecule has 0 saturated carbocycles. The van der Waals surface area contributed by atoms with Crippen molar-refractivity contribution in [3.8, 4) is 11.5 Å². The van der Waals surface area contributed by atoms with Crippen LogP contribution in [-0.2, 0) is 14.3 Å². The normalized spacial score (nSPS) is 14.6. The molecule has 2 heterocycles. The highest BCUT2D eigenvalue weighted by Crippen LogP contribution is 2.30. The van der Waals surface area contributed by atoms with Crippen LogP contribution in [0.2, 0.25) is 0 Å². The number of aryl methyl sites for hydroxylation is 1. The van der Waals surface area contributed by atoms with Gasteiger partial charge in [-0.1, -0.05) is 0 Å². The Hall–Kier alpha value is -3.55. The molecule has 0 radical (unpaired) electrons. The maximum atomic E-state index is 12.2. The van der Waals surface area contributed by atoms with Crippen molar-refractivity contribution in [1.82, 2.24) is 0 Å². The van der Waals surface area contributed by atoms with Crippen LogP contribution >= 0.6 is 0 Å². The molecule has 1 aliphatic heterocycles. The van der Waals surface area contributed by atoms with Crippen molar-refractivity contribution in [2.24, 2.45) is 4.99 Å². The van der Waals surface area contributed by atoms with E-state index in [4.69, 9.17) is 23.4 Å². The van der Waals surface area contributed by atoms with Crippen LogP contribution in [0.3, 0.4) is 0 Å². The van der Waals surface area contributed by atoms with Crippen LogP contribution in [-0.4, -0.2) is 38.2 Å². The zero-order chi connectivity index (χ0) is 21.0. The summed E-state index contributed by atoms with van der Waals surface area (Å²) in [5, 5.41) is 0. The Balaban J connectivity index is 1.91. The molecule has 3 rings (SSSR count). The topological polar surface area (TPSA) is 96.6 Å². The van der Waals surface area contributed by atoms with Gasteiger partial charge in [-0.15, -0.1) is 0 Å². The fourth-order valence-electron chi connectivity index (χ4n) is 2.74. The SMILES string of the molecule is CCOc1ccc(C2=N/C(=C\c3cc(C(=O)OC)c(C)o3)C(=O)O2)cc1OCC. The number of ether oxygens (including phenoxy) is 4. The van der Waals surface area contributed by atoms with Crippen molar-refractivity contribution in [2.45, 2.75) is 20.8 Å². The van der Waals surface area contributed by atoms with Crippen molar-refractivity contribution >= 4 is 23.9 Å². The number of hydrogen-bond donors (Lipinski definition) is 0. The minimum absolute atomic E-state index is 0.0528. The van der Waals surface area contributed by atoms with E-state index in [0.717, 1.165) is 0 Å². The zero-order valence-electron chi connectivity index (χ0n) is 16.6. The monoisotopic (exact) mass is 399 g/mol. The molecule has 0 bridgehead atoms. The first-order chi connectivity index (χ1) is 14.0. The average Bonchev–Trinajstić information content (AvgIpc) is 3.25. The van der Waals surface area contributed by atoms with Gasteiger partial charge in [0.2, 0.25) is 5.90 Å². The van der Waals surface area contributed by atoms with Gasteiger partial charge in [-0.25, -0.2) is 14.6 Å². The summed E-state index contributed by atoms with van der Waals surface area (Å²) in [5.74, 6) is 0.801. The van der Waals surface area contributed by atoms with E-state index in [1.165, 1.54) is 19.3 Å². The number of benzene rings is 1. The van der Waals surface area contributed by atoms with Crippen LogP contribution in [0.25, 0.3) is 6.08 Å². The molecule has 29 heavy (non-hydrogen) atoms. The number of cyclic esters (lactones) is 1. The molecule has 0 amide bonds. The first-order valence-corrected chi connectivity index (χ1v) is 9.08. The number of rotatable bonds is 7. The molecule has 8 nitrogen and oxygen atoms in total. The molecule has 2 aromatic rings. The van der Waals surface area contributed by atoms with Crippen LogP contribution in [0.4, 0.5) is 0 Å². The Morgan fingerprint density at radius 1 is 1.14 bits per heavy atom. The number of carbonyl (C=O) groups excluding carboxylic acids is 2. The van der Waals surface area contributed by atoms with Gasteiger partial charge in [0.05, 0.1) is 20.3 Å². The second kappa shape index (κ2) is 8.64. The minimum atomic E-state index is -0.625. The number of hydrogen-bond acceptors (Lipinski definition) is 8. The molecule has 0 N–H and O–H groups in total. The predicted molar refractivity (Wildman–Crippen MR) is 104 cm³/mol. The Bertz CT molecular complexity index is 1000. The van der Waals surface area contributed by atoms with E-state index >= 15 is 0 Å². The standard InChI is InChI=1S/C21H21NO7/c1-5-26-17-8-7-13(9-18(17)27-6-2)19-22-16(21(24)29-19)11-14-10-15(12(3)28-14)20(23)25-4/h7-11H,5-6H2,1-4H3/b16-11-. The van der Waals surface area contributed by atoms with Crippen molar-refractivity contribution in [1.29, 1.82) is 0 Å². The van der Waals surface area contributed by atoms with Crippen molar-refractivity contribution in [3.05, 3.63) is 52.6 Å². The van der Waals surface area contributed by atoms with Crippen LogP contribution in [0.5, 0.6) is 11.5 Å². The maximum Gasteiger partial charge on any atom is 0.363 e. The lowest BCUT2D eigenvalue weighted by atomic mass is 10.2. The fraction of sp³-hybridized carbons (Fsp3) is 0.286. The molecule has 0 saturated heterocycles. The number of aliphatic imine (C=N–C) groups is 1. The van der Waals surface area contributed by atoms with E-state index in [1.807, 2.05) is 13.8 Å². The lowest BCUT2D eigenvalue weighted by Gasteiger charge is -2.11. The van der Waals surface area contributed by atoms with Crippen molar-refractivity contribution in [3.63, 3.8) is 0 Å². The van der Waals surface area contributed by atoms with Gasteiger partial charge >= 0.3 is 11.9 Å². The highest BCUT2D eigenvalue weighted by molar-refractivity contribution is 6.13. The molecular weight excluding hydrogens is 378 g/mol. The number of carbonyl (C=O) groups is 2. The van der Waals surface area contributed by atoms with Crippen LogP contribution < -0.4 is 9.47 Å². The summed E-state index contributed by atoms with van der Waals surface area (Å²) in [7, 11) is 1.28. The molecule has 0 aliphatic carbocycles. The van der Waals surface area contributed by atoms with Crippen LogP contribution in [0.15, 0.2) is 39.4 Å². The smallest absolute Gasteiger partial charge is 0.363 e. The Labute approximate surface area is 167 Å². The van der Waals surface area contributed by atoms with Gasteiger partial charge in [0.25, 0.3) is 0 Å². The highest BCUT2D eigenvalue weighted by atomic mass is 16.6. The Morgan fingerprint density at radius 2 is 1.86 bits per heavy atom. The summed E-state index contributed by atoms with van der Waals surface area (Å²) in [6.07, 6.45) is 1.41. The molecular formula is C21H21NO7. The highest BCUT2D eigenvalue weighted by Gasteiger charge is 2.26. The minimum Gasteiger partial charge on any atom is -0.490 e. The number of methoxy groups -OCH3 is 1. The number of nitrogens with zero attached hydrogens (tertiary/aromatic N) is 1. The second-order valence-electron chi connectivity index (χ2n) is 5.97. The summed E-state index contributed by atoms with van der Waals surface area (Å²) in [4.78, 5) is 28.2. The van der Waals surface area contributed by atoms with E-state index < -0.39 is 11.9 Å². The van der Waals surface area contributed by atoms with Gasteiger partial charge in [0.1, 0.15) is 17.1 Å². The third kappa shape index (κ3) is 4.31. The lowest BCUT2D eigenvalue weighted by Crippen LogP contribution is -2.06. The van der Waals surface area contributed by atoms with Crippen molar-refractivity contribution < 1.29 is 33.0 Å². The summed E-state index contributed by atoms with van der Waals surface area (Å²) < 4.78 is 26.6. The molecule has 0 fully saturated rings. The molecule has 0 atom stereocenters. The van der Waals surface area contributed by atoms with Gasteiger partial charge in [0, 0.05) is 11.6 Å². The second-order valence-corrected chi connectivity index (χ2v) is 5.97. The molecule has 1 aromatic heterocycles. The fourth-order valence-corrected chi connectivity index (χ4v) is 2.74. The van der Waals surface area contributed by atoms with E-state index in [1.54, 1.807) is 25.1 Å². The molecule has 1 aromatic carbocycles. The molecule has 152 valence electrons. The van der Waals surface area contributed by atoms with E-state index in [-0.39, 0.29) is 17.2 Å². The molecule has 0 unspecified atom stereocenters.